The van der Waals surface area contributed by atoms with E-state index < -0.39 is 4.92 Å². The number of halogens is 1. The van der Waals surface area contributed by atoms with E-state index in [4.69, 9.17) is 16.1 Å². The fourth-order valence-corrected chi connectivity index (χ4v) is 2.26. The molecule has 1 aromatic carbocycles. The van der Waals surface area contributed by atoms with Crippen molar-refractivity contribution in [1.29, 1.82) is 0 Å². The van der Waals surface area contributed by atoms with Gasteiger partial charge in [0.25, 0.3) is 5.69 Å². The minimum Gasteiger partial charge on any atom is -0.361 e. The lowest BCUT2D eigenvalue weighted by Gasteiger charge is -2.03. The number of nitrogens with zero attached hydrogens (tertiary/aromatic N) is 4. The Morgan fingerprint density at radius 1 is 1.38 bits per heavy atom. The fourth-order valence-electron chi connectivity index (χ4n) is 2.07. The molecule has 9 heteroatoms. The zero-order chi connectivity index (χ0) is 17.1. The van der Waals surface area contributed by atoms with Crippen molar-refractivity contribution in [2.45, 2.75) is 13.5 Å². The van der Waals surface area contributed by atoms with Gasteiger partial charge in [-0.25, -0.2) is 4.98 Å². The van der Waals surface area contributed by atoms with Crippen LogP contribution < -0.4 is 5.32 Å². The fraction of sp³-hybridized carbons (Fsp3) is 0.133. The lowest BCUT2D eigenvalue weighted by molar-refractivity contribution is -0.385. The third-order valence-corrected chi connectivity index (χ3v) is 3.49. The van der Waals surface area contributed by atoms with Crippen molar-refractivity contribution >= 4 is 23.1 Å². The van der Waals surface area contributed by atoms with E-state index in [1.807, 2.05) is 6.07 Å². The Labute approximate surface area is 141 Å². The number of benzene rings is 1. The van der Waals surface area contributed by atoms with E-state index in [0.29, 0.717) is 28.1 Å². The maximum Gasteiger partial charge on any atom is 0.290 e. The first-order chi connectivity index (χ1) is 11.5. The van der Waals surface area contributed by atoms with Crippen LogP contribution in [0.3, 0.4) is 0 Å². The van der Waals surface area contributed by atoms with Crippen LogP contribution in [0, 0.1) is 17.0 Å². The summed E-state index contributed by atoms with van der Waals surface area (Å²) in [5, 5.41) is 18.3. The van der Waals surface area contributed by atoms with Gasteiger partial charge in [0, 0.05) is 16.1 Å². The van der Waals surface area contributed by atoms with Crippen LogP contribution >= 0.6 is 11.6 Å². The number of rotatable bonds is 5. The highest BCUT2D eigenvalue weighted by molar-refractivity contribution is 6.30. The van der Waals surface area contributed by atoms with Gasteiger partial charge in [0.05, 0.1) is 11.5 Å². The van der Waals surface area contributed by atoms with E-state index in [1.54, 1.807) is 31.2 Å². The highest BCUT2D eigenvalue weighted by Gasteiger charge is 2.12. The molecule has 3 rings (SSSR count). The molecule has 0 unspecified atom stereocenters. The molecule has 0 aliphatic heterocycles. The van der Waals surface area contributed by atoms with Crippen LogP contribution in [0.4, 0.5) is 11.5 Å². The number of pyridine rings is 1. The minimum atomic E-state index is -0.471. The summed E-state index contributed by atoms with van der Waals surface area (Å²) in [6, 6.07) is 8.72. The molecule has 0 bridgehead atoms. The average Bonchev–Trinajstić information content (AvgIpc) is 3.01. The Bertz CT molecular complexity index is 896. The normalized spacial score (nSPS) is 10.6. The molecule has 3 aromatic rings. The summed E-state index contributed by atoms with van der Waals surface area (Å²) in [4.78, 5) is 18.6. The van der Waals surface area contributed by atoms with Crippen LogP contribution in [0.25, 0.3) is 11.4 Å². The molecule has 0 amide bonds. The van der Waals surface area contributed by atoms with Crippen LogP contribution in [0.15, 0.2) is 41.1 Å². The quantitative estimate of drug-likeness (QED) is 0.555. The predicted octanol–water partition coefficient (Wildman–Crippen LogP) is 3.61. The number of aryl methyl sites for hydroxylation is 1. The Kier molecular flexibility index (Phi) is 4.39. The number of anilines is 1. The molecular weight excluding hydrogens is 334 g/mol. The van der Waals surface area contributed by atoms with Gasteiger partial charge in [-0.3, -0.25) is 10.1 Å². The van der Waals surface area contributed by atoms with Crippen molar-refractivity contribution in [1.82, 2.24) is 15.1 Å². The van der Waals surface area contributed by atoms with Crippen LogP contribution in [-0.4, -0.2) is 20.0 Å². The number of nitro groups is 1. The summed E-state index contributed by atoms with van der Waals surface area (Å²) in [7, 11) is 0. The van der Waals surface area contributed by atoms with E-state index >= 15 is 0 Å². The third kappa shape index (κ3) is 3.49. The SMILES string of the molecule is Cc1cc(NCc2nc(-c3cccc(Cl)c3)no2)ncc1[N+](=O)[O-]. The van der Waals surface area contributed by atoms with Gasteiger partial charge in [0.1, 0.15) is 12.0 Å². The molecule has 0 spiro atoms. The smallest absolute Gasteiger partial charge is 0.290 e. The van der Waals surface area contributed by atoms with Crippen molar-refractivity contribution in [2.24, 2.45) is 0 Å². The second-order valence-corrected chi connectivity index (χ2v) is 5.43. The Morgan fingerprint density at radius 3 is 2.92 bits per heavy atom. The summed E-state index contributed by atoms with van der Waals surface area (Å²) >= 11 is 5.94. The molecule has 0 atom stereocenters. The van der Waals surface area contributed by atoms with Gasteiger partial charge in [-0.2, -0.15) is 4.98 Å². The highest BCUT2D eigenvalue weighted by atomic mass is 35.5. The standard InChI is InChI=1S/C15H12ClN5O3/c1-9-5-13(17-7-12(9)21(22)23)18-8-14-19-15(20-24-14)10-3-2-4-11(16)6-10/h2-7H,8H2,1H3,(H,17,18). The summed E-state index contributed by atoms with van der Waals surface area (Å²) in [6.45, 7) is 1.90. The van der Waals surface area contributed by atoms with Crippen LogP contribution in [-0.2, 0) is 6.54 Å². The van der Waals surface area contributed by atoms with Gasteiger partial charge in [-0.1, -0.05) is 28.9 Å². The third-order valence-electron chi connectivity index (χ3n) is 3.25. The minimum absolute atomic E-state index is 0.0263. The Hall–Kier alpha value is -3.00. The first-order valence-electron chi connectivity index (χ1n) is 6.96. The van der Waals surface area contributed by atoms with Gasteiger partial charge in [-0.05, 0) is 25.1 Å². The van der Waals surface area contributed by atoms with Crippen molar-refractivity contribution < 1.29 is 9.45 Å². The van der Waals surface area contributed by atoms with Crippen molar-refractivity contribution in [3.63, 3.8) is 0 Å². The number of hydrogen-bond donors (Lipinski definition) is 1. The van der Waals surface area contributed by atoms with E-state index in [-0.39, 0.29) is 12.2 Å². The second-order valence-electron chi connectivity index (χ2n) is 4.99. The predicted molar refractivity (Wildman–Crippen MR) is 87.7 cm³/mol. The molecule has 0 saturated carbocycles. The summed E-state index contributed by atoms with van der Waals surface area (Å²) in [5.41, 5.74) is 1.24. The molecule has 0 aliphatic carbocycles. The molecule has 24 heavy (non-hydrogen) atoms. The van der Waals surface area contributed by atoms with Crippen LogP contribution in [0.2, 0.25) is 5.02 Å². The molecule has 0 fully saturated rings. The summed E-state index contributed by atoms with van der Waals surface area (Å²) in [5.74, 6) is 1.28. The molecule has 0 radical (unpaired) electrons. The summed E-state index contributed by atoms with van der Waals surface area (Å²) < 4.78 is 5.17. The first-order valence-corrected chi connectivity index (χ1v) is 7.34. The lowest BCUT2D eigenvalue weighted by Crippen LogP contribution is -2.03. The van der Waals surface area contributed by atoms with Gasteiger partial charge >= 0.3 is 0 Å². The molecule has 0 saturated heterocycles. The van der Waals surface area contributed by atoms with Crippen molar-refractivity contribution in [3.05, 3.63) is 63.1 Å². The maximum absolute atomic E-state index is 10.8. The summed E-state index contributed by atoms with van der Waals surface area (Å²) in [6.07, 6.45) is 1.21. The van der Waals surface area contributed by atoms with Gasteiger partial charge < -0.3 is 9.84 Å². The number of aromatic nitrogens is 3. The Balaban J connectivity index is 1.70. The van der Waals surface area contributed by atoms with Gasteiger partial charge in [0.15, 0.2) is 0 Å². The van der Waals surface area contributed by atoms with E-state index in [0.717, 1.165) is 5.56 Å². The van der Waals surface area contributed by atoms with Crippen LogP contribution in [0.5, 0.6) is 0 Å². The zero-order valence-electron chi connectivity index (χ0n) is 12.6. The molecular formula is C15H12ClN5O3. The highest BCUT2D eigenvalue weighted by Crippen LogP contribution is 2.21. The number of nitrogens with one attached hydrogen (secondary N) is 1. The maximum atomic E-state index is 10.8. The zero-order valence-corrected chi connectivity index (χ0v) is 13.3. The van der Waals surface area contributed by atoms with E-state index in [2.05, 4.69) is 20.4 Å². The van der Waals surface area contributed by atoms with Crippen molar-refractivity contribution in [2.75, 3.05) is 5.32 Å². The molecule has 0 aliphatic rings. The van der Waals surface area contributed by atoms with Crippen molar-refractivity contribution in [3.8, 4) is 11.4 Å². The van der Waals surface area contributed by atoms with E-state index in [9.17, 15) is 10.1 Å². The molecule has 1 N–H and O–H groups in total. The Morgan fingerprint density at radius 2 is 2.21 bits per heavy atom. The van der Waals surface area contributed by atoms with Gasteiger partial charge in [0.2, 0.25) is 11.7 Å². The average molecular weight is 346 g/mol. The van der Waals surface area contributed by atoms with Crippen LogP contribution in [0.1, 0.15) is 11.5 Å². The second kappa shape index (κ2) is 6.63. The first kappa shape index (κ1) is 15.9. The van der Waals surface area contributed by atoms with E-state index in [1.165, 1.54) is 6.20 Å². The largest absolute Gasteiger partial charge is 0.361 e. The molecule has 122 valence electrons. The van der Waals surface area contributed by atoms with Gasteiger partial charge in [-0.15, -0.1) is 0 Å². The monoisotopic (exact) mass is 345 g/mol. The molecule has 2 aromatic heterocycles. The topological polar surface area (TPSA) is 107 Å². The molecule has 2 heterocycles. The number of hydrogen-bond acceptors (Lipinski definition) is 7. The lowest BCUT2D eigenvalue weighted by atomic mass is 10.2. The molecule has 8 nitrogen and oxygen atoms in total.